The highest BCUT2D eigenvalue weighted by Crippen LogP contribution is 2.47. The van der Waals surface area contributed by atoms with Gasteiger partial charge >= 0.3 is 5.69 Å². The van der Waals surface area contributed by atoms with Crippen LogP contribution in [-0.4, -0.2) is 15.3 Å². The summed E-state index contributed by atoms with van der Waals surface area (Å²) in [6, 6.07) is 14.4. The topological polar surface area (TPSA) is 84.0 Å². The molecule has 0 amide bonds. The number of hydrogen-bond acceptors (Lipinski definition) is 4. The highest BCUT2D eigenvalue weighted by Gasteiger charge is 2.42. The number of aromatic nitrogens is 2. The molecule has 0 saturated carbocycles. The van der Waals surface area contributed by atoms with E-state index in [2.05, 4.69) is 10.3 Å². The first-order chi connectivity index (χ1) is 14.0. The minimum Gasteiger partial charge on any atom is -0.340 e. The molecule has 0 bridgehead atoms. The molecule has 2 aliphatic rings. The van der Waals surface area contributed by atoms with E-state index in [9.17, 15) is 14.4 Å². The number of nitrogens with one attached hydrogen (secondary N) is 2. The molecule has 1 aliphatic carbocycles. The Labute approximate surface area is 170 Å². The van der Waals surface area contributed by atoms with E-state index in [0.717, 1.165) is 11.1 Å². The summed E-state index contributed by atoms with van der Waals surface area (Å²) in [5.41, 5.74) is 2.53. The van der Waals surface area contributed by atoms with E-state index >= 15 is 0 Å². The zero-order chi connectivity index (χ0) is 20.3. The fraction of sp³-hybridized carbons (Fsp3) is 0.136. The van der Waals surface area contributed by atoms with Gasteiger partial charge in [0, 0.05) is 34.2 Å². The monoisotopic (exact) mass is 405 g/mol. The second-order valence-corrected chi connectivity index (χ2v) is 7.48. The normalized spacial score (nSPS) is 16.9. The van der Waals surface area contributed by atoms with E-state index in [-0.39, 0.29) is 5.78 Å². The number of fused-ring (bicyclic) bond motifs is 3. The minimum absolute atomic E-state index is 0.132. The number of carbonyl (C=O) groups excluding carboxylic acids is 1. The van der Waals surface area contributed by atoms with E-state index in [1.807, 2.05) is 31.2 Å². The van der Waals surface area contributed by atoms with Gasteiger partial charge in [-0.25, -0.2) is 4.79 Å². The van der Waals surface area contributed by atoms with Crippen molar-refractivity contribution in [1.29, 1.82) is 0 Å². The number of nitrogens with zero attached hydrogens (tertiary/aromatic N) is 1. The second kappa shape index (κ2) is 6.32. The van der Waals surface area contributed by atoms with Crippen LogP contribution < -0.4 is 16.6 Å². The highest BCUT2D eigenvalue weighted by molar-refractivity contribution is 6.30. The Balaban J connectivity index is 1.89. The van der Waals surface area contributed by atoms with Crippen LogP contribution in [0.2, 0.25) is 5.02 Å². The number of rotatable bonds is 2. The maximum Gasteiger partial charge on any atom is 0.329 e. The Morgan fingerprint density at radius 2 is 1.79 bits per heavy atom. The van der Waals surface area contributed by atoms with Crippen LogP contribution >= 0.6 is 11.6 Å². The summed E-state index contributed by atoms with van der Waals surface area (Å²) in [4.78, 5) is 41.0. The number of ketones is 1. The summed E-state index contributed by atoms with van der Waals surface area (Å²) in [7, 11) is 0. The third-order valence-electron chi connectivity index (χ3n) is 5.51. The number of aromatic amines is 1. The zero-order valence-electron chi connectivity index (χ0n) is 15.5. The fourth-order valence-corrected chi connectivity index (χ4v) is 4.48. The van der Waals surface area contributed by atoms with Crippen LogP contribution in [0, 0.1) is 0 Å². The largest absolute Gasteiger partial charge is 0.340 e. The summed E-state index contributed by atoms with van der Waals surface area (Å²) in [5.74, 6) is -0.358. The van der Waals surface area contributed by atoms with E-state index in [0.29, 0.717) is 39.8 Å². The molecule has 0 unspecified atom stereocenters. The number of benzene rings is 2. The number of allylic oxidation sites excluding steroid dienone is 1. The van der Waals surface area contributed by atoms with E-state index < -0.39 is 17.2 Å². The number of H-pyrrole nitrogens is 1. The van der Waals surface area contributed by atoms with E-state index in [1.165, 1.54) is 4.57 Å². The molecule has 3 aromatic rings. The molecule has 1 aromatic heterocycles. The van der Waals surface area contributed by atoms with E-state index in [4.69, 9.17) is 11.6 Å². The Morgan fingerprint density at radius 3 is 2.52 bits per heavy atom. The number of anilines is 1. The smallest absolute Gasteiger partial charge is 0.329 e. The number of Topliss-reactive ketones (excluding diaryl/α,β-unsaturated/α-hetero) is 1. The molecular weight excluding hydrogens is 390 g/mol. The molecule has 1 aliphatic heterocycles. The Morgan fingerprint density at radius 1 is 1.03 bits per heavy atom. The van der Waals surface area contributed by atoms with Crippen molar-refractivity contribution in [3.8, 4) is 0 Å². The molecule has 5 rings (SSSR count). The number of hydrogen-bond donors (Lipinski definition) is 2. The summed E-state index contributed by atoms with van der Waals surface area (Å²) in [6.07, 6.45) is 0. The summed E-state index contributed by atoms with van der Waals surface area (Å²) < 4.78 is 1.48. The van der Waals surface area contributed by atoms with Crippen molar-refractivity contribution in [1.82, 2.24) is 9.55 Å². The van der Waals surface area contributed by atoms with Gasteiger partial charge < -0.3 is 5.32 Å². The molecular formula is C22H16ClN3O3. The first-order valence-electron chi connectivity index (χ1n) is 9.29. The lowest BCUT2D eigenvalue weighted by molar-refractivity contribution is 0.103. The molecule has 2 heterocycles. The zero-order valence-corrected chi connectivity index (χ0v) is 16.2. The van der Waals surface area contributed by atoms with Gasteiger partial charge in [-0.1, -0.05) is 48.0 Å². The lowest BCUT2D eigenvalue weighted by Crippen LogP contribution is -2.38. The van der Waals surface area contributed by atoms with Gasteiger partial charge in [0.15, 0.2) is 5.78 Å². The van der Waals surface area contributed by atoms with Gasteiger partial charge in [0.05, 0.1) is 11.3 Å². The van der Waals surface area contributed by atoms with Gasteiger partial charge in [0.1, 0.15) is 5.82 Å². The average molecular weight is 406 g/mol. The van der Waals surface area contributed by atoms with E-state index in [1.54, 1.807) is 24.3 Å². The average Bonchev–Trinajstić information content (AvgIpc) is 2.99. The predicted molar refractivity (Wildman–Crippen MR) is 112 cm³/mol. The van der Waals surface area contributed by atoms with Gasteiger partial charge in [-0.3, -0.25) is 19.1 Å². The van der Waals surface area contributed by atoms with Crippen molar-refractivity contribution >= 4 is 28.9 Å². The molecule has 6 nitrogen and oxygen atoms in total. The van der Waals surface area contributed by atoms with Crippen molar-refractivity contribution in [3.05, 3.63) is 102 Å². The molecule has 144 valence electrons. The summed E-state index contributed by atoms with van der Waals surface area (Å²) in [6.45, 7) is 2.19. The third-order valence-corrected chi connectivity index (χ3v) is 5.74. The third kappa shape index (κ3) is 2.46. The Hall–Kier alpha value is -3.38. The van der Waals surface area contributed by atoms with Crippen LogP contribution in [0.15, 0.2) is 63.7 Å². The summed E-state index contributed by atoms with van der Waals surface area (Å²) in [5, 5.41) is 3.74. The van der Waals surface area contributed by atoms with Crippen molar-refractivity contribution in [3.63, 3.8) is 0 Å². The van der Waals surface area contributed by atoms with Crippen molar-refractivity contribution in [2.45, 2.75) is 19.4 Å². The summed E-state index contributed by atoms with van der Waals surface area (Å²) >= 11 is 6.23. The molecule has 2 N–H and O–H groups in total. The molecule has 0 spiro atoms. The lowest BCUT2D eigenvalue weighted by atomic mass is 9.81. The molecule has 2 aromatic carbocycles. The van der Waals surface area contributed by atoms with Gasteiger partial charge in [-0.2, -0.15) is 0 Å². The maximum atomic E-state index is 13.3. The molecule has 0 fully saturated rings. The predicted octanol–water partition coefficient (Wildman–Crippen LogP) is 3.37. The van der Waals surface area contributed by atoms with Gasteiger partial charge in [-0.05, 0) is 24.6 Å². The lowest BCUT2D eigenvalue weighted by Gasteiger charge is -2.29. The van der Waals surface area contributed by atoms with Gasteiger partial charge in [-0.15, -0.1) is 0 Å². The molecule has 1 atom stereocenters. The highest BCUT2D eigenvalue weighted by atomic mass is 35.5. The van der Waals surface area contributed by atoms with Crippen molar-refractivity contribution < 1.29 is 4.79 Å². The SMILES string of the molecule is CCn1c2c(c(=O)[nH]c1=O)[C@@H](c1cccc(Cl)c1)C1=C(N2)c2ccccc2C1=O. The second-order valence-electron chi connectivity index (χ2n) is 7.04. The number of carbonyl (C=O) groups is 1. The van der Waals surface area contributed by atoms with Gasteiger partial charge in [0.2, 0.25) is 0 Å². The Kier molecular flexibility index (Phi) is 3.86. The van der Waals surface area contributed by atoms with Crippen molar-refractivity contribution in [2.24, 2.45) is 0 Å². The van der Waals surface area contributed by atoms with Crippen LogP contribution in [0.25, 0.3) is 5.70 Å². The van der Waals surface area contributed by atoms with Crippen LogP contribution in [0.4, 0.5) is 5.82 Å². The maximum absolute atomic E-state index is 13.3. The van der Waals surface area contributed by atoms with Crippen LogP contribution in [0.3, 0.4) is 0 Å². The van der Waals surface area contributed by atoms with Crippen LogP contribution in [0.5, 0.6) is 0 Å². The molecule has 0 radical (unpaired) electrons. The minimum atomic E-state index is -0.637. The Bertz CT molecular complexity index is 1350. The van der Waals surface area contributed by atoms with Crippen LogP contribution in [0.1, 0.15) is 39.9 Å². The first-order valence-corrected chi connectivity index (χ1v) is 9.66. The molecule has 7 heteroatoms. The van der Waals surface area contributed by atoms with Gasteiger partial charge in [0.25, 0.3) is 5.56 Å². The molecule has 29 heavy (non-hydrogen) atoms. The molecule has 0 saturated heterocycles. The standard InChI is InChI=1S/C22H16ClN3O3/c1-2-26-20-17(21(28)25-22(26)29)15(11-6-5-7-12(23)10-11)16-18(24-20)13-8-3-4-9-14(13)19(16)27/h3-10,15,24H,2H2,1H3,(H,25,28,29)/t15-/m0/s1. The first kappa shape index (κ1) is 17.7. The van der Waals surface area contributed by atoms with Crippen molar-refractivity contribution in [2.75, 3.05) is 5.32 Å². The quantitative estimate of drug-likeness (QED) is 0.684. The number of halogens is 1. The van der Waals surface area contributed by atoms with Crippen LogP contribution in [-0.2, 0) is 6.54 Å². The fourth-order valence-electron chi connectivity index (χ4n) is 4.29.